The minimum absolute atomic E-state index is 0.104. The smallest absolute Gasteiger partial charge is 0.420 e. The lowest BCUT2D eigenvalue weighted by molar-refractivity contribution is -0.123. The highest BCUT2D eigenvalue weighted by Crippen LogP contribution is 2.38. The number of rotatable bonds is 6. The minimum atomic E-state index is -0.571. The Kier molecular flexibility index (Phi) is 4.87. The summed E-state index contributed by atoms with van der Waals surface area (Å²) in [4.78, 5) is 29.0. The van der Waals surface area contributed by atoms with Crippen molar-refractivity contribution in [2.45, 2.75) is 31.5 Å². The highest BCUT2D eigenvalue weighted by Gasteiger charge is 2.36. The van der Waals surface area contributed by atoms with Crippen LogP contribution in [0.2, 0.25) is 0 Å². The standard InChI is InChI=1S/C20H21N3O5/c1-27-18-7-6-12(10-21-18)19(13-8-14(24)9-13)22-17(25)11-23-15-4-2-3-5-16(15)28-20(23)26/h2-7,10,13-14,19,24H,8-9,11H2,1H3,(H,22,25)/t13?,14?,19-/m0/s1. The van der Waals surface area contributed by atoms with Crippen molar-refractivity contribution in [3.8, 4) is 5.88 Å². The molecule has 0 unspecified atom stereocenters. The molecular formula is C20H21N3O5. The van der Waals surface area contributed by atoms with Crippen LogP contribution in [0.15, 0.2) is 51.8 Å². The van der Waals surface area contributed by atoms with Gasteiger partial charge in [0.1, 0.15) is 6.54 Å². The Hall–Kier alpha value is -3.13. The molecule has 8 nitrogen and oxygen atoms in total. The Morgan fingerprint density at radius 3 is 2.82 bits per heavy atom. The number of hydrogen-bond acceptors (Lipinski definition) is 6. The van der Waals surface area contributed by atoms with Gasteiger partial charge in [-0.25, -0.2) is 9.78 Å². The summed E-state index contributed by atoms with van der Waals surface area (Å²) >= 11 is 0. The van der Waals surface area contributed by atoms with E-state index in [0.717, 1.165) is 5.56 Å². The monoisotopic (exact) mass is 383 g/mol. The van der Waals surface area contributed by atoms with Gasteiger partial charge < -0.3 is 19.6 Å². The molecule has 3 aromatic rings. The number of ether oxygens (including phenoxy) is 1. The molecule has 1 aliphatic carbocycles. The third-order valence-electron chi connectivity index (χ3n) is 5.14. The number of carbonyl (C=O) groups is 1. The molecular weight excluding hydrogens is 362 g/mol. The summed E-state index contributed by atoms with van der Waals surface area (Å²) in [5.74, 6) is -0.292. The van der Waals surface area contributed by atoms with Gasteiger partial charge in [-0.1, -0.05) is 18.2 Å². The van der Waals surface area contributed by atoms with Gasteiger partial charge >= 0.3 is 5.76 Å². The molecule has 0 radical (unpaired) electrons. The number of amides is 1. The molecule has 8 heteroatoms. The Balaban J connectivity index is 1.55. The maximum atomic E-state index is 12.7. The first-order valence-corrected chi connectivity index (χ1v) is 9.11. The van der Waals surface area contributed by atoms with E-state index in [0.29, 0.717) is 29.8 Å². The fraction of sp³-hybridized carbons (Fsp3) is 0.350. The third-order valence-corrected chi connectivity index (χ3v) is 5.14. The predicted octanol–water partition coefficient (Wildman–Crippen LogP) is 1.63. The summed E-state index contributed by atoms with van der Waals surface area (Å²) in [7, 11) is 1.54. The van der Waals surface area contributed by atoms with Gasteiger partial charge in [0.25, 0.3) is 0 Å². The van der Waals surface area contributed by atoms with Crippen LogP contribution in [0.3, 0.4) is 0 Å². The number of hydrogen-bond donors (Lipinski definition) is 2. The molecule has 146 valence electrons. The number of aliphatic hydroxyl groups is 1. The molecule has 1 aliphatic rings. The number of oxazole rings is 1. The van der Waals surface area contributed by atoms with Crippen LogP contribution in [0.1, 0.15) is 24.4 Å². The lowest BCUT2D eigenvalue weighted by Crippen LogP contribution is -2.42. The SMILES string of the molecule is COc1ccc([C@H](NC(=O)Cn2c(=O)oc3ccccc32)C2CC(O)C2)cn1. The van der Waals surface area contributed by atoms with Crippen molar-refractivity contribution >= 4 is 17.0 Å². The molecule has 0 spiro atoms. The van der Waals surface area contributed by atoms with Crippen molar-refractivity contribution in [3.63, 3.8) is 0 Å². The predicted molar refractivity (Wildman–Crippen MR) is 101 cm³/mol. The molecule has 0 aliphatic heterocycles. The average Bonchev–Trinajstić information content (AvgIpc) is 2.99. The van der Waals surface area contributed by atoms with Crippen molar-refractivity contribution < 1.29 is 19.1 Å². The zero-order chi connectivity index (χ0) is 19.7. The summed E-state index contributed by atoms with van der Waals surface area (Å²) in [5, 5.41) is 12.7. The van der Waals surface area contributed by atoms with Gasteiger partial charge in [-0.15, -0.1) is 0 Å². The Morgan fingerprint density at radius 2 is 2.14 bits per heavy atom. The molecule has 1 atom stereocenters. The van der Waals surface area contributed by atoms with Gasteiger partial charge in [-0.05, 0) is 36.5 Å². The van der Waals surface area contributed by atoms with E-state index in [1.165, 1.54) is 11.7 Å². The Bertz CT molecular complexity index is 1030. The number of para-hydroxylation sites is 2. The van der Waals surface area contributed by atoms with E-state index in [4.69, 9.17) is 9.15 Å². The molecule has 1 fully saturated rings. The van der Waals surface area contributed by atoms with Gasteiger partial charge in [0, 0.05) is 12.3 Å². The number of aliphatic hydroxyl groups excluding tert-OH is 1. The Morgan fingerprint density at radius 1 is 1.36 bits per heavy atom. The minimum Gasteiger partial charge on any atom is -0.481 e. The van der Waals surface area contributed by atoms with E-state index < -0.39 is 5.76 Å². The van der Waals surface area contributed by atoms with Gasteiger partial charge in [0.05, 0.1) is 24.8 Å². The van der Waals surface area contributed by atoms with E-state index in [1.54, 1.807) is 36.5 Å². The summed E-state index contributed by atoms with van der Waals surface area (Å²) in [6.07, 6.45) is 2.52. The normalized spacial score (nSPS) is 19.8. The van der Waals surface area contributed by atoms with Gasteiger partial charge in [0.2, 0.25) is 11.8 Å². The van der Waals surface area contributed by atoms with E-state index in [-0.39, 0.29) is 30.5 Å². The van der Waals surface area contributed by atoms with Gasteiger partial charge in [-0.2, -0.15) is 0 Å². The van der Waals surface area contributed by atoms with E-state index in [1.807, 2.05) is 6.07 Å². The van der Waals surface area contributed by atoms with Crippen molar-refractivity contribution in [1.29, 1.82) is 0 Å². The van der Waals surface area contributed by atoms with Crippen LogP contribution in [-0.2, 0) is 11.3 Å². The second kappa shape index (κ2) is 7.47. The summed E-state index contributed by atoms with van der Waals surface area (Å²) in [6, 6.07) is 10.3. The highest BCUT2D eigenvalue weighted by atomic mass is 16.5. The molecule has 2 N–H and O–H groups in total. The average molecular weight is 383 g/mol. The number of methoxy groups -OCH3 is 1. The second-order valence-corrected chi connectivity index (χ2v) is 6.99. The van der Waals surface area contributed by atoms with Crippen LogP contribution in [0, 0.1) is 5.92 Å². The van der Waals surface area contributed by atoms with Crippen LogP contribution in [0.25, 0.3) is 11.1 Å². The van der Waals surface area contributed by atoms with E-state index >= 15 is 0 Å². The maximum absolute atomic E-state index is 12.7. The molecule has 1 aromatic carbocycles. The zero-order valence-electron chi connectivity index (χ0n) is 15.4. The van der Waals surface area contributed by atoms with Crippen LogP contribution < -0.4 is 15.8 Å². The lowest BCUT2D eigenvalue weighted by atomic mass is 9.75. The van der Waals surface area contributed by atoms with E-state index in [9.17, 15) is 14.7 Å². The molecule has 0 saturated heterocycles. The Labute approximate surface area is 160 Å². The number of nitrogens with zero attached hydrogens (tertiary/aromatic N) is 2. The van der Waals surface area contributed by atoms with Crippen molar-refractivity contribution in [2.24, 2.45) is 5.92 Å². The third kappa shape index (κ3) is 3.50. The lowest BCUT2D eigenvalue weighted by Gasteiger charge is -2.38. The first-order chi connectivity index (χ1) is 13.5. The summed E-state index contributed by atoms with van der Waals surface area (Å²) in [5.41, 5.74) is 1.85. The number of carbonyl (C=O) groups excluding carboxylic acids is 1. The maximum Gasteiger partial charge on any atom is 0.420 e. The molecule has 1 saturated carbocycles. The first-order valence-electron chi connectivity index (χ1n) is 9.11. The van der Waals surface area contributed by atoms with Crippen LogP contribution in [-0.4, -0.2) is 33.8 Å². The summed E-state index contributed by atoms with van der Waals surface area (Å²) in [6.45, 7) is -0.148. The largest absolute Gasteiger partial charge is 0.481 e. The van der Waals surface area contributed by atoms with Crippen LogP contribution in [0.4, 0.5) is 0 Å². The molecule has 2 aromatic heterocycles. The number of fused-ring (bicyclic) bond motifs is 1. The van der Waals surface area contributed by atoms with Crippen LogP contribution in [0.5, 0.6) is 5.88 Å². The van der Waals surface area contributed by atoms with Crippen LogP contribution >= 0.6 is 0 Å². The van der Waals surface area contributed by atoms with Crippen molar-refractivity contribution in [1.82, 2.24) is 14.9 Å². The van der Waals surface area contributed by atoms with Crippen molar-refractivity contribution in [2.75, 3.05) is 7.11 Å². The first kappa shape index (κ1) is 18.2. The summed E-state index contributed by atoms with van der Waals surface area (Å²) < 4.78 is 11.6. The van der Waals surface area contributed by atoms with Crippen molar-refractivity contribution in [3.05, 3.63) is 58.7 Å². The highest BCUT2D eigenvalue weighted by molar-refractivity contribution is 5.79. The number of nitrogens with one attached hydrogen (secondary N) is 1. The fourth-order valence-electron chi connectivity index (χ4n) is 3.60. The number of benzene rings is 1. The van der Waals surface area contributed by atoms with E-state index in [2.05, 4.69) is 10.3 Å². The molecule has 28 heavy (non-hydrogen) atoms. The van der Waals surface area contributed by atoms with Gasteiger partial charge in [0.15, 0.2) is 5.58 Å². The fourth-order valence-corrected chi connectivity index (χ4v) is 3.60. The molecule has 1 amide bonds. The molecule has 0 bridgehead atoms. The topological polar surface area (TPSA) is 107 Å². The second-order valence-electron chi connectivity index (χ2n) is 6.99. The molecule has 4 rings (SSSR count). The number of aromatic nitrogens is 2. The van der Waals surface area contributed by atoms with Gasteiger partial charge in [-0.3, -0.25) is 9.36 Å². The number of pyridine rings is 1. The molecule has 2 heterocycles. The zero-order valence-corrected chi connectivity index (χ0v) is 15.4. The quantitative estimate of drug-likeness (QED) is 0.670.